The Bertz CT molecular complexity index is 647. The largest absolute Gasteiger partial charge is 0.440 e. The highest BCUT2D eigenvalue weighted by Gasteiger charge is 2.39. The number of aromatic nitrogens is 1. The van der Waals surface area contributed by atoms with E-state index in [0.717, 1.165) is 49.2 Å². The normalized spacial score (nSPS) is 20.7. The van der Waals surface area contributed by atoms with Gasteiger partial charge in [-0.2, -0.15) is 0 Å². The average Bonchev–Trinajstić information content (AvgIpc) is 3.11. The molecule has 2 aromatic rings. The van der Waals surface area contributed by atoms with Gasteiger partial charge in [0.05, 0.1) is 0 Å². The van der Waals surface area contributed by atoms with Gasteiger partial charge in [-0.3, -0.25) is 4.79 Å². The van der Waals surface area contributed by atoms with Gasteiger partial charge in [0.2, 0.25) is 5.91 Å². The predicted octanol–water partition coefficient (Wildman–Crippen LogP) is 3.41. The molecule has 112 valence electrons. The molecule has 1 aliphatic rings. The number of amides is 1. The van der Waals surface area contributed by atoms with Crippen LogP contribution in [0.1, 0.15) is 50.5 Å². The molecule has 0 saturated heterocycles. The number of aryl methyl sites for hydroxylation is 1. The second-order valence-electron chi connectivity index (χ2n) is 5.95. The van der Waals surface area contributed by atoms with Gasteiger partial charge in [0.1, 0.15) is 5.52 Å². The Morgan fingerprint density at radius 1 is 1.48 bits per heavy atom. The van der Waals surface area contributed by atoms with Crippen molar-refractivity contribution in [3.8, 4) is 0 Å². The Morgan fingerprint density at radius 3 is 3.10 bits per heavy atom. The second kappa shape index (κ2) is 5.88. The molecule has 1 amide bonds. The lowest BCUT2D eigenvalue weighted by atomic mass is 10.1. The summed E-state index contributed by atoms with van der Waals surface area (Å²) in [5.41, 5.74) is 3.15. The molecule has 0 radical (unpaired) electrons. The minimum absolute atomic E-state index is 0.0420. The zero-order valence-electron chi connectivity index (χ0n) is 12.7. The van der Waals surface area contributed by atoms with Crippen molar-refractivity contribution in [3.63, 3.8) is 0 Å². The maximum absolute atomic E-state index is 11.0. The number of rotatable bonds is 6. The number of nitrogens with zero attached hydrogens (tertiary/aromatic N) is 1. The number of hydrogen-bond acceptors (Lipinski definition) is 3. The molecule has 1 saturated carbocycles. The summed E-state index contributed by atoms with van der Waals surface area (Å²) in [6.45, 7) is 4.49. The molecule has 0 spiro atoms. The fourth-order valence-corrected chi connectivity index (χ4v) is 2.87. The maximum atomic E-state index is 11.0. The summed E-state index contributed by atoms with van der Waals surface area (Å²) in [5, 5.41) is 2.90. The Balaban J connectivity index is 1.76. The number of hydrogen-bond donors (Lipinski definition) is 1. The Labute approximate surface area is 124 Å². The monoisotopic (exact) mass is 286 g/mol. The summed E-state index contributed by atoms with van der Waals surface area (Å²) in [5.74, 6) is 1.91. The molecular weight excluding hydrogens is 264 g/mol. The van der Waals surface area contributed by atoms with E-state index in [2.05, 4.69) is 29.4 Å². The number of benzene rings is 1. The van der Waals surface area contributed by atoms with Crippen molar-refractivity contribution in [1.82, 2.24) is 10.3 Å². The molecule has 21 heavy (non-hydrogen) atoms. The van der Waals surface area contributed by atoms with Gasteiger partial charge in [0, 0.05) is 25.5 Å². The summed E-state index contributed by atoms with van der Waals surface area (Å²) in [4.78, 5) is 15.6. The van der Waals surface area contributed by atoms with Gasteiger partial charge in [-0.15, -0.1) is 0 Å². The van der Waals surface area contributed by atoms with E-state index in [1.165, 1.54) is 5.56 Å². The van der Waals surface area contributed by atoms with Crippen LogP contribution in [-0.2, 0) is 11.2 Å². The molecule has 4 heteroatoms. The van der Waals surface area contributed by atoms with Crippen LogP contribution in [0.3, 0.4) is 0 Å². The van der Waals surface area contributed by atoms with Crippen molar-refractivity contribution in [2.45, 2.75) is 45.4 Å². The van der Waals surface area contributed by atoms with Crippen LogP contribution in [0, 0.1) is 5.92 Å². The van der Waals surface area contributed by atoms with Gasteiger partial charge < -0.3 is 9.73 Å². The number of para-hydroxylation sites is 1. The third kappa shape index (κ3) is 3.09. The fraction of sp³-hybridized carbons (Fsp3) is 0.529. The minimum Gasteiger partial charge on any atom is -0.440 e. The Kier molecular flexibility index (Phi) is 3.95. The van der Waals surface area contributed by atoms with Gasteiger partial charge in [0.15, 0.2) is 11.5 Å². The SMILES string of the molecule is CCCCc1nc2cccc([C@@H]3C[C@H]3CNC(C)=O)c2o1. The highest BCUT2D eigenvalue weighted by atomic mass is 16.3. The van der Waals surface area contributed by atoms with Crippen LogP contribution in [-0.4, -0.2) is 17.4 Å². The molecule has 1 aromatic carbocycles. The highest BCUT2D eigenvalue weighted by Crippen LogP contribution is 2.49. The van der Waals surface area contributed by atoms with E-state index in [9.17, 15) is 4.79 Å². The molecule has 3 rings (SSSR count). The lowest BCUT2D eigenvalue weighted by Gasteiger charge is -2.02. The van der Waals surface area contributed by atoms with Crippen molar-refractivity contribution in [2.75, 3.05) is 6.54 Å². The number of carbonyl (C=O) groups excluding carboxylic acids is 1. The molecule has 1 aromatic heterocycles. The first kappa shape index (κ1) is 14.1. The predicted molar refractivity (Wildman–Crippen MR) is 82.2 cm³/mol. The third-order valence-electron chi connectivity index (χ3n) is 4.17. The first-order valence-corrected chi connectivity index (χ1v) is 7.81. The molecule has 1 aliphatic carbocycles. The number of unbranched alkanes of at least 4 members (excludes halogenated alkanes) is 1. The molecule has 2 atom stereocenters. The number of carbonyl (C=O) groups is 1. The molecule has 1 fully saturated rings. The smallest absolute Gasteiger partial charge is 0.216 e. The highest BCUT2D eigenvalue weighted by molar-refractivity contribution is 5.77. The molecule has 1 heterocycles. The van der Waals surface area contributed by atoms with Crippen LogP contribution < -0.4 is 5.32 Å². The van der Waals surface area contributed by atoms with Crippen LogP contribution in [0.5, 0.6) is 0 Å². The first-order chi connectivity index (χ1) is 10.2. The van der Waals surface area contributed by atoms with Crippen LogP contribution >= 0.6 is 0 Å². The van der Waals surface area contributed by atoms with E-state index in [1.54, 1.807) is 6.92 Å². The van der Waals surface area contributed by atoms with Crippen molar-refractivity contribution in [1.29, 1.82) is 0 Å². The van der Waals surface area contributed by atoms with Gasteiger partial charge in [0.25, 0.3) is 0 Å². The summed E-state index contributed by atoms with van der Waals surface area (Å²) in [6.07, 6.45) is 4.28. The second-order valence-corrected chi connectivity index (χ2v) is 5.95. The number of fused-ring (bicyclic) bond motifs is 1. The molecule has 0 aliphatic heterocycles. The lowest BCUT2D eigenvalue weighted by Crippen LogP contribution is -2.22. The van der Waals surface area contributed by atoms with E-state index in [0.29, 0.717) is 11.8 Å². The van der Waals surface area contributed by atoms with E-state index in [-0.39, 0.29) is 5.91 Å². The van der Waals surface area contributed by atoms with Crippen LogP contribution in [0.15, 0.2) is 22.6 Å². The third-order valence-corrected chi connectivity index (χ3v) is 4.17. The van der Waals surface area contributed by atoms with E-state index in [1.807, 2.05) is 6.07 Å². The molecule has 0 unspecified atom stereocenters. The van der Waals surface area contributed by atoms with Crippen LogP contribution in [0.25, 0.3) is 11.1 Å². The summed E-state index contributed by atoms with van der Waals surface area (Å²) in [7, 11) is 0. The van der Waals surface area contributed by atoms with E-state index < -0.39 is 0 Å². The van der Waals surface area contributed by atoms with Gasteiger partial charge in [-0.05, 0) is 30.7 Å². The van der Waals surface area contributed by atoms with Gasteiger partial charge in [-0.25, -0.2) is 4.98 Å². The topological polar surface area (TPSA) is 55.1 Å². The number of nitrogens with one attached hydrogen (secondary N) is 1. The zero-order valence-corrected chi connectivity index (χ0v) is 12.7. The number of oxazole rings is 1. The molecule has 4 nitrogen and oxygen atoms in total. The van der Waals surface area contributed by atoms with Crippen molar-refractivity contribution >= 4 is 17.0 Å². The van der Waals surface area contributed by atoms with Crippen molar-refractivity contribution in [3.05, 3.63) is 29.7 Å². The fourth-order valence-electron chi connectivity index (χ4n) is 2.87. The van der Waals surface area contributed by atoms with Gasteiger partial charge in [-0.1, -0.05) is 25.5 Å². The standard InChI is InChI=1S/C17H22N2O2/c1-3-4-8-16-19-15-7-5-6-13(17(15)21-16)14-9-12(14)10-18-11(2)20/h5-7,12,14H,3-4,8-10H2,1-2H3,(H,18,20)/t12-,14+/m0/s1. The van der Waals surface area contributed by atoms with Crippen molar-refractivity contribution < 1.29 is 9.21 Å². The molecule has 0 bridgehead atoms. The summed E-state index contributed by atoms with van der Waals surface area (Å²) >= 11 is 0. The van der Waals surface area contributed by atoms with Crippen LogP contribution in [0.4, 0.5) is 0 Å². The van der Waals surface area contributed by atoms with Crippen LogP contribution in [0.2, 0.25) is 0 Å². The molecule has 1 N–H and O–H groups in total. The van der Waals surface area contributed by atoms with E-state index >= 15 is 0 Å². The quantitative estimate of drug-likeness (QED) is 0.885. The lowest BCUT2D eigenvalue weighted by molar-refractivity contribution is -0.119. The van der Waals surface area contributed by atoms with Crippen molar-refractivity contribution in [2.24, 2.45) is 5.92 Å². The minimum atomic E-state index is 0.0420. The summed E-state index contributed by atoms with van der Waals surface area (Å²) < 4.78 is 5.98. The average molecular weight is 286 g/mol. The first-order valence-electron chi connectivity index (χ1n) is 7.81. The summed E-state index contributed by atoms with van der Waals surface area (Å²) in [6, 6.07) is 6.20. The Morgan fingerprint density at radius 2 is 2.33 bits per heavy atom. The Hall–Kier alpha value is -1.84. The molecular formula is C17H22N2O2. The van der Waals surface area contributed by atoms with Gasteiger partial charge >= 0.3 is 0 Å². The van der Waals surface area contributed by atoms with E-state index in [4.69, 9.17) is 4.42 Å². The zero-order chi connectivity index (χ0) is 14.8. The maximum Gasteiger partial charge on any atom is 0.216 e.